The minimum Gasteiger partial charge on any atom is -0.289 e. The van der Waals surface area contributed by atoms with Crippen LogP contribution in [0.5, 0.6) is 0 Å². The zero-order valence-electron chi connectivity index (χ0n) is 11.3. The first-order valence-corrected chi connectivity index (χ1v) is 7.55. The Morgan fingerprint density at radius 1 is 1.30 bits per heavy atom. The van der Waals surface area contributed by atoms with Gasteiger partial charge in [-0.25, -0.2) is 9.50 Å². The average Bonchev–Trinajstić information content (AvgIpc) is 2.84. The molecule has 0 aliphatic rings. The van der Waals surface area contributed by atoms with Crippen molar-refractivity contribution >= 4 is 28.2 Å². The van der Waals surface area contributed by atoms with Crippen LogP contribution >= 0.6 is 22.6 Å². The maximum absolute atomic E-state index is 12.4. The molecule has 1 aromatic carbocycles. The minimum atomic E-state index is -0.00763. The number of aromatic nitrogens is 3. The molecule has 0 spiro atoms. The summed E-state index contributed by atoms with van der Waals surface area (Å²) in [5, 5.41) is 3.14. The third-order valence-corrected chi connectivity index (χ3v) is 4.14. The second-order valence-electron chi connectivity index (χ2n) is 4.70. The lowest BCUT2D eigenvalue weighted by Crippen LogP contribution is -2.21. The van der Waals surface area contributed by atoms with Gasteiger partial charge in [0.25, 0.3) is 5.56 Å². The van der Waals surface area contributed by atoms with Gasteiger partial charge in [-0.2, -0.15) is 0 Å². The van der Waals surface area contributed by atoms with Gasteiger partial charge in [-0.1, -0.05) is 19.1 Å². The molecule has 4 nitrogen and oxygen atoms in total. The van der Waals surface area contributed by atoms with Gasteiger partial charge < -0.3 is 0 Å². The van der Waals surface area contributed by atoms with E-state index in [1.807, 2.05) is 44.2 Å². The van der Waals surface area contributed by atoms with Crippen LogP contribution in [0.25, 0.3) is 16.9 Å². The highest BCUT2D eigenvalue weighted by atomic mass is 127. The van der Waals surface area contributed by atoms with Gasteiger partial charge in [0.15, 0.2) is 5.65 Å². The molecule has 0 aliphatic heterocycles. The number of H-pyrrole nitrogens is 1. The predicted octanol–water partition coefficient (Wildman–Crippen LogP) is 3.17. The second-order valence-corrected chi connectivity index (χ2v) is 5.95. The van der Waals surface area contributed by atoms with E-state index in [0.717, 1.165) is 22.5 Å². The summed E-state index contributed by atoms with van der Waals surface area (Å²) in [7, 11) is 0. The van der Waals surface area contributed by atoms with E-state index in [1.165, 1.54) is 8.09 Å². The zero-order chi connectivity index (χ0) is 14.3. The van der Waals surface area contributed by atoms with Crippen molar-refractivity contribution in [1.29, 1.82) is 0 Å². The number of aryl methyl sites for hydroxylation is 1. The summed E-state index contributed by atoms with van der Waals surface area (Å²) in [6.07, 6.45) is 0.693. The van der Waals surface area contributed by atoms with E-state index in [9.17, 15) is 4.79 Å². The van der Waals surface area contributed by atoms with E-state index in [-0.39, 0.29) is 5.56 Å². The molecule has 0 bridgehead atoms. The van der Waals surface area contributed by atoms with Gasteiger partial charge in [0, 0.05) is 20.9 Å². The number of nitrogens with one attached hydrogen (secondary N) is 1. The molecule has 3 aromatic rings. The maximum atomic E-state index is 12.4. The lowest BCUT2D eigenvalue weighted by atomic mass is 10.1. The fourth-order valence-electron chi connectivity index (χ4n) is 2.35. The number of fused-ring (bicyclic) bond motifs is 1. The van der Waals surface area contributed by atoms with Crippen LogP contribution in [0.2, 0.25) is 0 Å². The van der Waals surface area contributed by atoms with Gasteiger partial charge in [0.2, 0.25) is 0 Å². The molecule has 3 rings (SSSR count). The molecule has 2 aromatic heterocycles. The van der Waals surface area contributed by atoms with Gasteiger partial charge in [-0.05, 0) is 53.6 Å². The Morgan fingerprint density at radius 3 is 2.65 bits per heavy atom. The number of hydrogen-bond acceptors (Lipinski definition) is 2. The number of rotatable bonds is 2. The van der Waals surface area contributed by atoms with Crippen LogP contribution in [0.1, 0.15) is 18.2 Å². The van der Waals surface area contributed by atoms with Crippen LogP contribution in [0.3, 0.4) is 0 Å². The molecule has 0 amide bonds. The molecular formula is C15H14IN3O. The topological polar surface area (TPSA) is 50.2 Å². The number of hydrogen-bond donors (Lipinski definition) is 1. The quantitative estimate of drug-likeness (QED) is 0.696. The van der Waals surface area contributed by atoms with E-state index in [2.05, 4.69) is 32.7 Å². The summed E-state index contributed by atoms with van der Waals surface area (Å²) in [5.41, 5.74) is 4.18. The first kappa shape index (κ1) is 13.4. The van der Waals surface area contributed by atoms with E-state index in [0.29, 0.717) is 12.1 Å². The minimum absolute atomic E-state index is 0.00763. The van der Waals surface area contributed by atoms with Gasteiger partial charge in [0.1, 0.15) is 0 Å². The third-order valence-electron chi connectivity index (χ3n) is 3.42. The molecule has 1 N–H and O–H groups in total. The number of benzene rings is 1. The van der Waals surface area contributed by atoms with Crippen molar-refractivity contribution in [3.8, 4) is 11.3 Å². The Balaban J connectivity index is 2.23. The Morgan fingerprint density at radius 2 is 2.00 bits per heavy atom. The Labute approximate surface area is 130 Å². The van der Waals surface area contributed by atoms with E-state index < -0.39 is 0 Å². The van der Waals surface area contributed by atoms with Crippen molar-refractivity contribution < 1.29 is 0 Å². The molecule has 102 valence electrons. The molecule has 20 heavy (non-hydrogen) atoms. The highest BCUT2D eigenvalue weighted by Crippen LogP contribution is 2.20. The maximum Gasteiger partial charge on any atom is 0.276 e. The fourth-order valence-corrected chi connectivity index (χ4v) is 2.71. The summed E-state index contributed by atoms with van der Waals surface area (Å²) < 4.78 is 2.71. The van der Waals surface area contributed by atoms with E-state index >= 15 is 0 Å². The molecular weight excluding hydrogens is 365 g/mol. The molecule has 0 aliphatic carbocycles. The second kappa shape index (κ2) is 5.05. The average molecular weight is 379 g/mol. The van der Waals surface area contributed by atoms with Crippen LogP contribution in [0, 0.1) is 10.5 Å². The molecule has 0 unspecified atom stereocenters. The first-order chi connectivity index (χ1) is 9.60. The lowest BCUT2D eigenvalue weighted by molar-refractivity contribution is 0.856. The van der Waals surface area contributed by atoms with Crippen LogP contribution in [0.4, 0.5) is 0 Å². The lowest BCUT2D eigenvalue weighted by Gasteiger charge is -2.01. The molecule has 0 radical (unpaired) electrons. The number of halogens is 1. The number of nitrogens with zero attached hydrogens (tertiary/aromatic N) is 2. The Kier molecular flexibility index (Phi) is 3.37. The smallest absolute Gasteiger partial charge is 0.276 e. The summed E-state index contributed by atoms with van der Waals surface area (Å²) in [5.74, 6) is 0. The molecule has 5 heteroatoms. The fraction of sp³-hybridized carbons (Fsp3) is 0.200. The van der Waals surface area contributed by atoms with Crippen LogP contribution < -0.4 is 5.56 Å². The highest BCUT2D eigenvalue weighted by Gasteiger charge is 2.11. The van der Waals surface area contributed by atoms with Crippen molar-refractivity contribution in [3.63, 3.8) is 0 Å². The van der Waals surface area contributed by atoms with E-state index in [4.69, 9.17) is 0 Å². The van der Waals surface area contributed by atoms with Gasteiger partial charge >= 0.3 is 0 Å². The molecule has 0 fully saturated rings. The Hall–Kier alpha value is -1.63. The van der Waals surface area contributed by atoms with Crippen LogP contribution in [-0.4, -0.2) is 14.6 Å². The SMILES string of the molecule is CCc1c(C)nc2cc(-c3ccc(I)cc3)[nH]n2c1=O. The van der Waals surface area contributed by atoms with Crippen molar-refractivity contribution in [2.45, 2.75) is 20.3 Å². The summed E-state index contributed by atoms with van der Waals surface area (Å²) in [4.78, 5) is 16.9. The molecule has 0 saturated carbocycles. The van der Waals surface area contributed by atoms with Gasteiger partial charge in [-0.15, -0.1) is 0 Å². The summed E-state index contributed by atoms with van der Waals surface area (Å²) in [6.45, 7) is 3.86. The van der Waals surface area contributed by atoms with Crippen LogP contribution in [0.15, 0.2) is 35.1 Å². The first-order valence-electron chi connectivity index (χ1n) is 6.47. The van der Waals surface area contributed by atoms with Crippen molar-refractivity contribution in [2.24, 2.45) is 0 Å². The summed E-state index contributed by atoms with van der Waals surface area (Å²) in [6, 6.07) is 10.1. The normalized spacial score (nSPS) is 11.2. The zero-order valence-corrected chi connectivity index (χ0v) is 13.4. The largest absolute Gasteiger partial charge is 0.289 e. The van der Waals surface area contributed by atoms with Crippen molar-refractivity contribution in [2.75, 3.05) is 0 Å². The summed E-state index contributed by atoms with van der Waals surface area (Å²) >= 11 is 2.27. The van der Waals surface area contributed by atoms with Gasteiger partial charge in [-0.3, -0.25) is 9.89 Å². The monoisotopic (exact) mass is 379 g/mol. The number of aromatic amines is 1. The Bertz CT molecular complexity index is 831. The standard InChI is InChI=1S/C15H14IN3O/c1-3-12-9(2)17-14-8-13(18-19(14)15(12)20)10-4-6-11(16)7-5-10/h4-8,18H,3H2,1-2H3. The van der Waals surface area contributed by atoms with Gasteiger partial charge in [0.05, 0.1) is 5.69 Å². The molecule has 2 heterocycles. The predicted molar refractivity (Wildman–Crippen MR) is 88.1 cm³/mol. The molecule has 0 saturated heterocycles. The van der Waals surface area contributed by atoms with Crippen LogP contribution in [-0.2, 0) is 6.42 Å². The van der Waals surface area contributed by atoms with E-state index in [1.54, 1.807) is 0 Å². The molecule has 0 atom stereocenters. The van der Waals surface area contributed by atoms with Crippen molar-refractivity contribution in [1.82, 2.24) is 14.6 Å². The third kappa shape index (κ3) is 2.15. The highest BCUT2D eigenvalue weighted by molar-refractivity contribution is 14.1. The van der Waals surface area contributed by atoms with Crippen molar-refractivity contribution in [3.05, 3.63) is 55.5 Å².